The number of aryl methyl sites for hydroxylation is 2. The molecule has 1 atom stereocenters. The second-order valence-electron chi connectivity index (χ2n) is 7.68. The Labute approximate surface area is 168 Å². The molecule has 1 saturated heterocycles. The molecule has 0 bridgehead atoms. The Hall–Kier alpha value is -2.54. The molecule has 2 aliphatic rings. The molecule has 7 heteroatoms. The van der Waals surface area contributed by atoms with Crippen LogP contribution < -0.4 is 5.32 Å². The smallest absolute Gasteiger partial charge is 0.224 e. The van der Waals surface area contributed by atoms with Gasteiger partial charge in [-0.05, 0) is 49.8 Å². The van der Waals surface area contributed by atoms with E-state index in [2.05, 4.69) is 10.3 Å². The molecule has 28 heavy (non-hydrogen) atoms. The highest BCUT2D eigenvalue weighted by Crippen LogP contribution is 2.40. The van der Waals surface area contributed by atoms with Crippen molar-refractivity contribution in [3.63, 3.8) is 0 Å². The molecule has 0 radical (unpaired) electrons. The van der Waals surface area contributed by atoms with E-state index in [0.29, 0.717) is 12.2 Å². The Morgan fingerprint density at radius 1 is 1.25 bits per heavy atom. The van der Waals surface area contributed by atoms with Crippen molar-refractivity contribution >= 4 is 33.3 Å². The molecule has 3 aromatic rings. The molecule has 3 aromatic heterocycles. The van der Waals surface area contributed by atoms with Gasteiger partial charge in [-0.2, -0.15) is 0 Å². The summed E-state index contributed by atoms with van der Waals surface area (Å²) >= 11 is 1.80. The Morgan fingerprint density at radius 3 is 2.96 bits per heavy atom. The normalized spacial score (nSPS) is 19.7. The SMILES string of the molecule is CN1CCC(Nc2nc(-c3cccnc3)nc3sc4c(c23)CCCC4)CC1=O. The van der Waals surface area contributed by atoms with Crippen LogP contribution in [0.2, 0.25) is 0 Å². The first-order valence-corrected chi connectivity index (χ1v) is 10.7. The molecule has 4 heterocycles. The lowest BCUT2D eigenvalue weighted by atomic mass is 9.96. The summed E-state index contributed by atoms with van der Waals surface area (Å²) in [4.78, 5) is 30.5. The topological polar surface area (TPSA) is 71.0 Å². The highest BCUT2D eigenvalue weighted by Gasteiger charge is 2.26. The van der Waals surface area contributed by atoms with Gasteiger partial charge in [0.1, 0.15) is 10.6 Å². The monoisotopic (exact) mass is 393 g/mol. The van der Waals surface area contributed by atoms with Crippen molar-refractivity contribution in [3.05, 3.63) is 35.0 Å². The van der Waals surface area contributed by atoms with E-state index in [1.165, 1.54) is 28.7 Å². The predicted octanol–water partition coefficient (Wildman–Crippen LogP) is 3.66. The fourth-order valence-electron chi connectivity index (χ4n) is 4.15. The van der Waals surface area contributed by atoms with Crippen LogP contribution in [0.1, 0.15) is 36.1 Å². The first kappa shape index (κ1) is 17.6. The highest BCUT2D eigenvalue weighted by molar-refractivity contribution is 7.19. The lowest BCUT2D eigenvalue weighted by Crippen LogP contribution is -2.41. The number of fused-ring (bicyclic) bond motifs is 3. The molecule has 1 aliphatic heterocycles. The molecule has 0 spiro atoms. The highest BCUT2D eigenvalue weighted by atomic mass is 32.1. The maximum Gasteiger partial charge on any atom is 0.224 e. The standard InChI is InChI=1S/C21H23N5OS/c1-26-10-8-14(11-17(26)27)23-20-18-15-6-2-3-7-16(15)28-21(18)25-19(24-20)13-5-4-9-22-12-13/h4-5,9,12,14H,2-3,6-8,10-11H2,1H3,(H,23,24,25). The van der Waals surface area contributed by atoms with Crippen LogP contribution in [0.3, 0.4) is 0 Å². The van der Waals surface area contributed by atoms with Gasteiger partial charge in [0.2, 0.25) is 5.91 Å². The van der Waals surface area contributed by atoms with Gasteiger partial charge in [-0.15, -0.1) is 11.3 Å². The molecular formula is C21H23N5OS. The number of anilines is 1. The second kappa shape index (κ2) is 7.13. The molecule has 1 N–H and O–H groups in total. The van der Waals surface area contributed by atoms with Gasteiger partial charge in [0.25, 0.3) is 0 Å². The molecular weight excluding hydrogens is 370 g/mol. The minimum absolute atomic E-state index is 0.114. The maximum atomic E-state index is 12.2. The van der Waals surface area contributed by atoms with Crippen LogP contribution in [-0.2, 0) is 17.6 Å². The Bertz CT molecular complexity index is 1030. The van der Waals surface area contributed by atoms with Crippen molar-refractivity contribution in [2.45, 2.75) is 44.6 Å². The summed E-state index contributed by atoms with van der Waals surface area (Å²) in [5.74, 6) is 1.76. The number of hydrogen-bond acceptors (Lipinski definition) is 6. The summed E-state index contributed by atoms with van der Waals surface area (Å²) in [6, 6.07) is 4.01. The van der Waals surface area contributed by atoms with Crippen LogP contribution in [0, 0.1) is 0 Å². The fraction of sp³-hybridized carbons (Fsp3) is 0.429. The zero-order valence-electron chi connectivity index (χ0n) is 15.9. The van der Waals surface area contributed by atoms with Crippen molar-refractivity contribution in [3.8, 4) is 11.4 Å². The number of pyridine rings is 1. The van der Waals surface area contributed by atoms with Gasteiger partial charge < -0.3 is 10.2 Å². The average molecular weight is 394 g/mol. The maximum absolute atomic E-state index is 12.2. The Kier molecular flexibility index (Phi) is 4.47. The number of amides is 1. The molecule has 0 aromatic carbocycles. The van der Waals surface area contributed by atoms with Gasteiger partial charge in [0.15, 0.2) is 5.82 Å². The van der Waals surface area contributed by atoms with Crippen molar-refractivity contribution in [2.75, 3.05) is 18.9 Å². The number of likely N-dealkylation sites (tertiary alicyclic amines) is 1. The van der Waals surface area contributed by atoms with Gasteiger partial charge in [0.05, 0.1) is 5.39 Å². The van der Waals surface area contributed by atoms with E-state index >= 15 is 0 Å². The van der Waals surface area contributed by atoms with Crippen LogP contribution in [-0.4, -0.2) is 45.4 Å². The predicted molar refractivity (Wildman–Crippen MR) is 112 cm³/mol. The van der Waals surface area contributed by atoms with E-state index in [0.717, 1.165) is 42.0 Å². The summed E-state index contributed by atoms with van der Waals surface area (Å²) in [6.45, 7) is 0.780. The number of nitrogens with one attached hydrogen (secondary N) is 1. The zero-order chi connectivity index (χ0) is 19.1. The number of rotatable bonds is 3. The van der Waals surface area contributed by atoms with Gasteiger partial charge in [0, 0.05) is 48.9 Å². The fourth-order valence-corrected chi connectivity index (χ4v) is 5.41. The molecule has 1 aliphatic carbocycles. The van der Waals surface area contributed by atoms with Gasteiger partial charge in [-0.1, -0.05) is 0 Å². The number of carbonyl (C=O) groups is 1. The van der Waals surface area contributed by atoms with Gasteiger partial charge in [-0.25, -0.2) is 9.97 Å². The van der Waals surface area contributed by atoms with E-state index in [1.807, 2.05) is 19.2 Å². The molecule has 1 fully saturated rings. The van der Waals surface area contributed by atoms with E-state index in [9.17, 15) is 4.79 Å². The van der Waals surface area contributed by atoms with E-state index in [1.54, 1.807) is 28.6 Å². The van der Waals surface area contributed by atoms with Crippen LogP contribution in [0.25, 0.3) is 21.6 Å². The van der Waals surface area contributed by atoms with Crippen molar-refractivity contribution in [2.24, 2.45) is 0 Å². The Balaban J connectivity index is 1.60. The van der Waals surface area contributed by atoms with Gasteiger partial charge >= 0.3 is 0 Å². The molecule has 1 amide bonds. The first-order valence-electron chi connectivity index (χ1n) is 9.92. The average Bonchev–Trinajstić information content (AvgIpc) is 3.10. The molecule has 6 nitrogen and oxygen atoms in total. The number of carbonyl (C=O) groups excluding carboxylic acids is 1. The van der Waals surface area contributed by atoms with Crippen LogP contribution in [0.4, 0.5) is 5.82 Å². The van der Waals surface area contributed by atoms with E-state index in [-0.39, 0.29) is 11.9 Å². The summed E-state index contributed by atoms with van der Waals surface area (Å²) < 4.78 is 0. The third kappa shape index (κ3) is 3.13. The summed E-state index contributed by atoms with van der Waals surface area (Å²) in [5.41, 5.74) is 2.32. The number of piperidine rings is 1. The second-order valence-corrected chi connectivity index (χ2v) is 8.76. The number of aromatic nitrogens is 3. The molecule has 5 rings (SSSR count). The van der Waals surface area contributed by atoms with Crippen LogP contribution in [0.5, 0.6) is 0 Å². The number of thiophene rings is 1. The van der Waals surface area contributed by atoms with Crippen molar-refractivity contribution < 1.29 is 4.79 Å². The van der Waals surface area contributed by atoms with E-state index in [4.69, 9.17) is 9.97 Å². The minimum Gasteiger partial charge on any atom is -0.366 e. The summed E-state index contributed by atoms with van der Waals surface area (Å²) in [5, 5.41) is 4.77. The Morgan fingerprint density at radius 2 is 2.14 bits per heavy atom. The summed E-state index contributed by atoms with van der Waals surface area (Å²) in [7, 11) is 1.87. The van der Waals surface area contributed by atoms with Crippen LogP contribution in [0.15, 0.2) is 24.5 Å². The lowest BCUT2D eigenvalue weighted by molar-refractivity contribution is -0.132. The van der Waals surface area contributed by atoms with Crippen LogP contribution >= 0.6 is 11.3 Å². The number of nitrogens with zero attached hydrogens (tertiary/aromatic N) is 4. The molecule has 0 saturated carbocycles. The van der Waals surface area contributed by atoms with Crippen molar-refractivity contribution in [1.82, 2.24) is 19.9 Å². The number of hydrogen-bond donors (Lipinski definition) is 1. The lowest BCUT2D eigenvalue weighted by Gasteiger charge is -2.30. The first-order chi connectivity index (χ1) is 13.7. The van der Waals surface area contributed by atoms with E-state index < -0.39 is 0 Å². The third-order valence-electron chi connectivity index (χ3n) is 5.73. The minimum atomic E-state index is 0.114. The molecule has 1 unspecified atom stereocenters. The third-order valence-corrected chi connectivity index (χ3v) is 6.92. The molecule has 144 valence electrons. The summed E-state index contributed by atoms with van der Waals surface area (Å²) in [6.07, 6.45) is 9.69. The zero-order valence-corrected chi connectivity index (χ0v) is 16.8. The quantitative estimate of drug-likeness (QED) is 0.735. The largest absolute Gasteiger partial charge is 0.366 e. The van der Waals surface area contributed by atoms with Crippen molar-refractivity contribution in [1.29, 1.82) is 0 Å². The van der Waals surface area contributed by atoms with Gasteiger partial charge in [-0.3, -0.25) is 9.78 Å².